The van der Waals surface area contributed by atoms with Gasteiger partial charge in [-0.25, -0.2) is 9.37 Å². The molecule has 0 unspecified atom stereocenters. The zero-order chi connectivity index (χ0) is 15.5. The molecular weight excluding hydrogens is 304 g/mol. The Hall–Kier alpha value is -1.47. The van der Waals surface area contributed by atoms with Gasteiger partial charge in [0.1, 0.15) is 5.82 Å². The first-order valence-electron chi connectivity index (χ1n) is 6.41. The molecule has 1 heterocycles. The first-order valence-corrected chi connectivity index (χ1v) is 7.22. The standard InChI is InChI=1S/C14H14F4N2S/c1-2-19-8-11-13(14(16,17)18)20-12(21-11)7-9-4-3-5-10(15)6-9/h3-6,19H,2,7-8H2,1H3. The van der Waals surface area contributed by atoms with Gasteiger partial charge in [-0.2, -0.15) is 13.2 Å². The molecule has 0 atom stereocenters. The number of thiazole rings is 1. The van der Waals surface area contributed by atoms with Crippen molar-refractivity contribution in [3.05, 3.63) is 51.2 Å². The van der Waals surface area contributed by atoms with Gasteiger partial charge < -0.3 is 5.32 Å². The molecule has 21 heavy (non-hydrogen) atoms. The summed E-state index contributed by atoms with van der Waals surface area (Å²) in [7, 11) is 0. The Balaban J connectivity index is 2.26. The Morgan fingerprint density at radius 2 is 2.05 bits per heavy atom. The number of nitrogens with one attached hydrogen (secondary N) is 1. The van der Waals surface area contributed by atoms with Gasteiger partial charge in [0, 0.05) is 13.0 Å². The van der Waals surface area contributed by atoms with E-state index in [1.807, 2.05) is 6.92 Å². The lowest BCUT2D eigenvalue weighted by atomic mass is 10.1. The second kappa shape index (κ2) is 6.53. The van der Waals surface area contributed by atoms with E-state index < -0.39 is 17.7 Å². The largest absolute Gasteiger partial charge is 0.434 e. The highest BCUT2D eigenvalue weighted by atomic mass is 32.1. The van der Waals surface area contributed by atoms with Crippen LogP contribution >= 0.6 is 11.3 Å². The lowest BCUT2D eigenvalue weighted by Crippen LogP contribution is -2.15. The first-order chi connectivity index (χ1) is 9.90. The Labute approximate surface area is 123 Å². The van der Waals surface area contributed by atoms with Crippen molar-refractivity contribution in [2.24, 2.45) is 0 Å². The maximum absolute atomic E-state index is 13.1. The van der Waals surface area contributed by atoms with E-state index in [0.29, 0.717) is 17.1 Å². The molecular formula is C14H14F4N2S. The molecule has 0 aliphatic carbocycles. The highest BCUT2D eigenvalue weighted by Crippen LogP contribution is 2.35. The van der Waals surface area contributed by atoms with Crippen LogP contribution in [0.3, 0.4) is 0 Å². The van der Waals surface area contributed by atoms with Crippen LogP contribution in [0.1, 0.15) is 28.1 Å². The minimum absolute atomic E-state index is 0.131. The molecule has 0 saturated heterocycles. The minimum atomic E-state index is -4.47. The van der Waals surface area contributed by atoms with E-state index in [2.05, 4.69) is 10.3 Å². The number of aromatic nitrogens is 1. The first kappa shape index (κ1) is 15.9. The van der Waals surface area contributed by atoms with Gasteiger partial charge in [-0.1, -0.05) is 19.1 Å². The van der Waals surface area contributed by atoms with Crippen LogP contribution in [0.15, 0.2) is 24.3 Å². The lowest BCUT2D eigenvalue weighted by Gasteiger charge is -2.05. The number of halogens is 4. The fourth-order valence-corrected chi connectivity index (χ4v) is 2.97. The number of nitrogens with zero attached hydrogens (tertiary/aromatic N) is 1. The van der Waals surface area contributed by atoms with Crippen LogP contribution in [0.2, 0.25) is 0 Å². The van der Waals surface area contributed by atoms with E-state index in [1.54, 1.807) is 6.07 Å². The van der Waals surface area contributed by atoms with Crippen LogP contribution in [0.4, 0.5) is 17.6 Å². The van der Waals surface area contributed by atoms with Crippen molar-refractivity contribution in [1.82, 2.24) is 10.3 Å². The molecule has 0 fully saturated rings. The number of alkyl halides is 3. The third-order valence-corrected chi connectivity index (χ3v) is 3.85. The van der Waals surface area contributed by atoms with E-state index in [9.17, 15) is 17.6 Å². The summed E-state index contributed by atoms with van der Waals surface area (Å²) in [6.45, 7) is 2.53. The molecule has 114 valence electrons. The number of hydrogen-bond acceptors (Lipinski definition) is 3. The fourth-order valence-electron chi connectivity index (χ4n) is 1.88. The minimum Gasteiger partial charge on any atom is -0.312 e. The Morgan fingerprint density at radius 3 is 2.67 bits per heavy atom. The van der Waals surface area contributed by atoms with Gasteiger partial charge >= 0.3 is 6.18 Å². The van der Waals surface area contributed by atoms with Gasteiger partial charge in [-0.05, 0) is 24.2 Å². The molecule has 1 aromatic carbocycles. The summed E-state index contributed by atoms with van der Waals surface area (Å²) in [5, 5.41) is 3.21. The average molecular weight is 318 g/mol. The highest BCUT2D eigenvalue weighted by molar-refractivity contribution is 7.11. The van der Waals surface area contributed by atoms with Crippen molar-refractivity contribution in [3.63, 3.8) is 0 Å². The van der Waals surface area contributed by atoms with Gasteiger partial charge in [-0.3, -0.25) is 0 Å². The SMILES string of the molecule is CCNCc1sc(Cc2cccc(F)c2)nc1C(F)(F)F. The Kier molecular flexibility index (Phi) is 4.95. The van der Waals surface area contributed by atoms with Gasteiger partial charge in [0.05, 0.1) is 9.88 Å². The summed E-state index contributed by atoms with van der Waals surface area (Å²) in [5.74, 6) is -0.409. The summed E-state index contributed by atoms with van der Waals surface area (Å²) >= 11 is 1.01. The molecule has 0 amide bonds. The van der Waals surface area contributed by atoms with Gasteiger partial charge in [0.25, 0.3) is 0 Å². The summed E-state index contributed by atoms with van der Waals surface area (Å²) in [5.41, 5.74) is -0.243. The number of hydrogen-bond donors (Lipinski definition) is 1. The van der Waals surface area contributed by atoms with Crippen molar-refractivity contribution in [1.29, 1.82) is 0 Å². The molecule has 0 bridgehead atoms. The predicted octanol–water partition coefficient (Wildman–Crippen LogP) is 4.00. The van der Waals surface area contributed by atoms with E-state index in [0.717, 1.165) is 11.3 Å². The summed E-state index contributed by atoms with van der Waals surface area (Å²) in [4.78, 5) is 3.85. The van der Waals surface area contributed by atoms with Gasteiger partial charge in [0.2, 0.25) is 0 Å². The molecule has 7 heteroatoms. The second-order valence-corrected chi connectivity index (χ2v) is 5.63. The molecule has 2 nitrogen and oxygen atoms in total. The van der Waals surface area contributed by atoms with Crippen molar-refractivity contribution >= 4 is 11.3 Å². The van der Waals surface area contributed by atoms with E-state index in [4.69, 9.17) is 0 Å². The van der Waals surface area contributed by atoms with Crippen LogP contribution < -0.4 is 5.32 Å². The van der Waals surface area contributed by atoms with Gasteiger partial charge in [0.15, 0.2) is 5.69 Å². The third kappa shape index (κ3) is 4.25. The molecule has 0 aliphatic rings. The lowest BCUT2D eigenvalue weighted by molar-refractivity contribution is -0.141. The zero-order valence-electron chi connectivity index (χ0n) is 11.3. The molecule has 2 rings (SSSR count). The smallest absolute Gasteiger partial charge is 0.312 e. The van der Waals surface area contributed by atoms with Crippen LogP contribution in [0.5, 0.6) is 0 Å². The molecule has 1 aromatic heterocycles. The highest BCUT2D eigenvalue weighted by Gasteiger charge is 2.37. The zero-order valence-corrected chi connectivity index (χ0v) is 12.1. The Morgan fingerprint density at radius 1 is 1.29 bits per heavy atom. The molecule has 0 radical (unpaired) electrons. The summed E-state index contributed by atoms with van der Waals surface area (Å²) in [6.07, 6.45) is -4.28. The molecule has 2 aromatic rings. The van der Waals surface area contributed by atoms with Crippen molar-refractivity contribution in [2.45, 2.75) is 26.1 Å². The summed E-state index contributed by atoms with van der Waals surface area (Å²) in [6, 6.07) is 5.80. The van der Waals surface area contributed by atoms with Crippen LogP contribution in [0, 0.1) is 5.82 Å². The Bertz CT molecular complexity index is 607. The van der Waals surface area contributed by atoms with E-state index in [-0.39, 0.29) is 17.8 Å². The van der Waals surface area contributed by atoms with Crippen LogP contribution in [-0.4, -0.2) is 11.5 Å². The normalized spacial score (nSPS) is 11.9. The van der Waals surface area contributed by atoms with Crippen molar-refractivity contribution in [3.8, 4) is 0 Å². The summed E-state index contributed by atoms with van der Waals surface area (Å²) < 4.78 is 51.9. The molecule has 0 spiro atoms. The topological polar surface area (TPSA) is 24.9 Å². The third-order valence-electron chi connectivity index (χ3n) is 2.79. The van der Waals surface area contributed by atoms with Crippen molar-refractivity contribution < 1.29 is 17.6 Å². The molecule has 0 saturated carbocycles. The number of benzene rings is 1. The van der Waals surface area contributed by atoms with E-state index >= 15 is 0 Å². The monoisotopic (exact) mass is 318 g/mol. The fraction of sp³-hybridized carbons (Fsp3) is 0.357. The van der Waals surface area contributed by atoms with Crippen molar-refractivity contribution in [2.75, 3.05) is 6.54 Å². The molecule has 0 aliphatic heterocycles. The quantitative estimate of drug-likeness (QED) is 0.843. The predicted molar refractivity (Wildman–Crippen MR) is 73.7 cm³/mol. The van der Waals surface area contributed by atoms with E-state index in [1.165, 1.54) is 18.2 Å². The average Bonchev–Trinajstić information content (AvgIpc) is 2.79. The van der Waals surface area contributed by atoms with Crippen LogP contribution in [-0.2, 0) is 19.1 Å². The maximum Gasteiger partial charge on any atom is 0.434 e. The maximum atomic E-state index is 13.1. The van der Waals surface area contributed by atoms with Crippen LogP contribution in [0.25, 0.3) is 0 Å². The molecule has 1 N–H and O–H groups in total. The number of rotatable bonds is 5. The van der Waals surface area contributed by atoms with Gasteiger partial charge in [-0.15, -0.1) is 11.3 Å². The second-order valence-electron chi connectivity index (χ2n) is 4.46.